The lowest BCUT2D eigenvalue weighted by molar-refractivity contribution is -0.138. The molecule has 0 atom stereocenters. The van der Waals surface area contributed by atoms with Crippen LogP contribution < -0.4 is 5.32 Å². The molecule has 2 aromatic carbocycles. The molecule has 4 nitrogen and oxygen atoms in total. The molecule has 0 aliphatic rings. The quantitative estimate of drug-likeness (QED) is 0.876. The van der Waals surface area contributed by atoms with Crippen molar-refractivity contribution in [2.45, 2.75) is 12.8 Å². The van der Waals surface area contributed by atoms with E-state index in [9.17, 15) is 9.59 Å². The zero-order chi connectivity index (χ0) is 14.4. The molecule has 0 aromatic heterocycles. The summed E-state index contributed by atoms with van der Waals surface area (Å²) in [6.07, 6.45) is -0.186. The summed E-state index contributed by atoms with van der Waals surface area (Å²) in [6, 6.07) is 18.0. The highest BCUT2D eigenvalue weighted by molar-refractivity contribution is 5.92. The molecule has 2 N–H and O–H groups in total. The third kappa shape index (κ3) is 3.95. The maximum atomic E-state index is 11.5. The zero-order valence-electron chi connectivity index (χ0n) is 10.8. The average Bonchev–Trinajstić information content (AvgIpc) is 2.47. The Balaban J connectivity index is 1.98. The molecule has 101 valence electrons. The second-order valence-electron chi connectivity index (χ2n) is 4.31. The highest BCUT2D eigenvalue weighted by Crippen LogP contribution is 2.20. The summed E-state index contributed by atoms with van der Waals surface area (Å²) in [5.41, 5.74) is 2.74. The molecular formula is C16H14NO3. The van der Waals surface area contributed by atoms with Crippen molar-refractivity contribution < 1.29 is 14.7 Å². The van der Waals surface area contributed by atoms with E-state index in [0.29, 0.717) is 5.69 Å². The predicted octanol–water partition coefficient (Wildman–Crippen LogP) is 2.96. The van der Waals surface area contributed by atoms with Crippen LogP contribution in [0.1, 0.15) is 12.8 Å². The van der Waals surface area contributed by atoms with Crippen molar-refractivity contribution in [3.8, 4) is 11.1 Å². The van der Waals surface area contributed by atoms with E-state index in [1.807, 2.05) is 36.4 Å². The van der Waals surface area contributed by atoms with Gasteiger partial charge in [0, 0.05) is 12.1 Å². The fourth-order valence-corrected chi connectivity index (χ4v) is 1.76. The van der Waals surface area contributed by atoms with Crippen molar-refractivity contribution in [1.82, 2.24) is 0 Å². The number of hydrogen-bond donors (Lipinski definition) is 2. The van der Waals surface area contributed by atoms with Gasteiger partial charge in [0.25, 0.3) is 0 Å². The van der Waals surface area contributed by atoms with Crippen LogP contribution in [0.2, 0.25) is 0 Å². The van der Waals surface area contributed by atoms with Gasteiger partial charge in [-0.15, -0.1) is 0 Å². The number of aliphatic carboxylic acids is 1. The molecule has 0 saturated carbocycles. The van der Waals surface area contributed by atoms with Gasteiger partial charge in [0.15, 0.2) is 0 Å². The molecule has 0 aliphatic heterocycles. The van der Waals surface area contributed by atoms with Crippen molar-refractivity contribution in [2.75, 3.05) is 5.32 Å². The fourth-order valence-electron chi connectivity index (χ4n) is 1.76. The second-order valence-corrected chi connectivity index (χ2v) is 4.31. The van der Waals surface area contributed by atoms with Crippen molar-refractivity contribution >= 4 is 17.6 Å². The largest absolute Gasteiger partial charge is 0.481 e. The standard InChI is InChI=1S/C16H14NO3/c18-15(10-11-16(19)20)17-14-8-6-13(7-9-14)12-4-2-1-3-5-12/h1-2,4-9H,10-11H2,(H,17,18)(H,19,20). The molecule has 0 unspecified atom stereocenters. The number of hydrogen-bond acceptors (Lipinski definition) is 2. The Morgan fingerprint density at radius 1 is 1.05 bits per heavy atom. The molecule has 4 heteroatoms. The maximum Gasteiger partial charge on any atom is 0.303 e. The summed E-state index contributed by atoms with van der Waals surface area (Å²) in [5.74, 6) is -1.27. The van der Waals surface area contributed by atoms with Crippen LogP contribution >= 0.6 is 0 Å². The van der Waals surface area contributed by atoms with Crippen molar-refractivity contribution in [3.05, 3.63) is 54.6 Å². The normalized spacial score (nSPS) is 10.0. The van der Waals surface area contributed by atoms with Gasteiger partial charge in [0.1, 0.15) is 0 Å². The first-order valence-corrected chi connectivity index (χ1v) is 6.23. The number of carboxylic acid groups (broad SMARTS) is 1. The molecule has 2 rings (SSSR count). The zero-order valence-corrected chi connectivity index (χ0v) is 10.8. The van der Waals surface area contributed by atoms with Crippen LogP contribution in [-0.4, -0.2) is 17.0 Å². The van der Waals surface area contributed by atoms with Gasteiger partial charge in [-0.05, 0) is 35.4 Å². The Hall–Kier alpha value is -2.62. The van der Waals surface area contributed by atoms with E-state index in [1.165, 1.54) is 0 Å². The molecule has 0 fully saturated rings. The van der Waals surface area contributed by atoms with Crippen LogP contribution in [0.3, 0.4) is 0 Å². The summed E-state index contributed by atoms with van der Waals surface area (Å²) in [7, 11) is 0. The number of anilines is 1. The van der Waals surface area contributed by atoms with Crippen LogP contribution in [0.5, 0.6) is 0 Å². The SMILES string of the molecule is O=C(O)CCC(=O)Nc1ccc(-c2c[c]ccc2)cc1. The van der Waals surface area contributed by atoms with Gasteiger partial charge in [-0.1, -0.05) is 30.3 Å². The number of carboxylic acids is 1. The highest BCUT2D eigenvalue weighted by atomic mass is 16.4. The number of amides is 1. The molecule has 0 saturated heterocycles. The van der Waals surface area contributed by atoms with Gasteiger partial charge in [-0.25, -0.2) is 0 Å². The van der Waals surface area contributed by atoms with E-state index in [1.54, 1.807) is 12.1 Å². The van der Waals surface area contributed by atoms with Crippen LogP contribution in [-0.2, 0) is 9.59 Å². The Morgan fingerprint density at radius 2 is 1.80 bits per heavy atom. The van der Waals surface area contributed by atoms with Gasteiger partial charge in [0.2, 0.25) is 5.91 Å². The lowest BCUT2D eigenvalue weighted by Crippen LogP contribution is -2.13. The van der Waals surface area contributed by atoms with E-state index in [0.717, 1.165) is 11.1 Å². The molecular weight excluding hydrogens is 254 g/mol. The van der Waals surface area contributed by atoms with E-state index in [2.05, 4.69) is 11.4 Å². The van der Waals surface area contributed by atoms with Crippen LogP contribution in [0.25, 0.3) is 11.1 Å². The Morgan fingerprint density at radius 3 is 2.40 bits per heavy atom. The minimum atomic E-state index is -0.976. The van der Waals surface area contributed by atoms with Gasteiger partial charge >= 0.3 is 5.97 Å². The first-order chi connectivity index (χ1) is 9.65. The minimum Gasteiger partial charge on any atom is -0.481 e. The molecule has 0 aliphatic carbocycles. The molecule has 0 bridgehead atoms. The topological polar surface area (TPSA) is 66.4 Å². The summed E-state index contributed by atoms with van der Waals surface area (Å²) in [6.45, 7) is 0. The van der Waals surface area contributed by atoms with Crippen molar-refractivity contribution in [3.63, 3.8) is 0 Å². The first kappa shape index (κ1) is 13.8. The number of nitrogens with one attached hydrogen (secondary N) is 1. The van der Waals surface area contributed by atoms with Crippen molar-refractivity contribution in [1.29, 1.82) is 0 Å². The average molecular weight is 268 g/mol. The summed E-state index contributed by atoms with van der Waals surface area (Å²) in [4.78, 5) is 21.9. The predicted molar refractivity (Wildman–Crippen MR) is 76.2 cm³/mol. The number of rotatable bonds is 5. The van der Waals surface area contributed by atoms with Gasteiger partial charge < -0.3 is 10.4 Å². The Kier molecular flexibility index (Phi) is 4.50. The van der Waals surface area contributed by atoms with E-state index in [4.69, 9.17) is 5.11 Å². The summed E-state index contributed by atoms with van der Waals surface area (Å²) in [5, 5.41) is 11.2. The molecule has 1 radical (unpaired) electrons. The number of carbonyl (C=O) groups is 2. The van der Waals surface area contributed by atoms with Crippen LogP contribution in [0.15, 0.2) is 48.5 Å². The second kappa shape index (κ2) is 6.52. The molecule has 1 amide bonds. The molecule has 0 spiro atoms. The Labute approximate surface area is 117 Å². The number of carbonyl (C=O) groups excluding carboxylic acids is 1. The minimum absolute atomic E-state index is 0.0231. The van der Waals surface area contributed by atoms with E-state index < -0.39 is 5.97 Å². The lowest BCUT2D eigenvalue weighted by atomic mass is 10.1. The van der Waals surface area contributed by atoms with Crippen LogP contribution in [0, 0.1) is 6.07 Å². The summed E-state index contributed by atoms with van der Waals surface area (Å²) < 4.78 is 0. The number of benzene rings is 2. The molecule has 0 heterocycles. The van der Waals surface area contributed by atoms with Crippen LogP contribution in [0.4, 0.5) is 5.69 Å². The monoisotopic (exact) mass is 268 g/mol. The first-order valence-electron chi connectivity index (χ1n) is 6.23. The molecule has 20 heavy (non-hydrogen) atoms. The Bertz CT molecular complexity index is 591. The summed E-state index contributed by atoms with van der Waals surface area (Å²) >= 11 is 0. The van der Waals surface area contributed by atoms with Crippen molar-refractivity contribution in [2.24, 2.45) is 0 Å². The smallest absolute Gasteiger partial charge is 0.303 e. The van der Waals surface area contributed by atoms with Gasteiger partial charge in [-0.3, -0.25) is 9.59 Å². The maximum absolute atomic E-state index is 11.5. The van der Waals surface area contributed by atoms with E-state index >= 15 is 0 Å². The third-order valence-corrected chi connectivity index (χ3v) is 2.77. The third-order valence-electron chi connectivity index (χ3n) is 2.77. The fraction of sp³-hybridized carbons (Fsp3) is 0.125. The highest BCUT2D eigenvalue weighted by Gasteiger charge is 2.05. The molecule has 2 aromatic rings. The van der Waals surface area contributed by atoms with E-state index in [-0.39, 0.29) is 18.7 Å². The lowest BCUT2D eigenvalue weighted by Gasteiger charge is -2.06. The van der Waals surface area contributed by atoms with Gasteiger partial charge in [0.05, 0.1) is 6.42 Å². The van der Waals surface area contributed by atoms with Gasteiger partial charge in [-0.2, -0.15) is 0 Å².